The Hall–Kier alpha value is -1.86. The topological polar surface area (TPSA) is 66.9 Å². The predicted molar refractivity (Wildman–Crippen MR) is 107 cm³/mol. The minimum atomic E-state index is -3.62. The van der Waals surface area contributed by atoms with Crippen LogP contribution in [0.5, 0.6) is 5.75 Å². The van der Waals surface area contributed by atoms with Crippen molar-refractivity contribution in [2.45, 2.75) is 38.0 Å². The van der Waals surface area contributed by atoms with Crippen LogP contribution in [0.25, 0.3) is 6.08 Å². The van der Waals surface area contributed by atoms with Crippen LogP contribution in [0.15, 0.2) is 29.2 Å². The summed E-state index contributed by atoms with van der Waals surface area (Å²) >= 11 is 0. The van der Waals surface area contributed by atoms with E-state index in [0.29, 0.717) is 36.9 Å². The van der Waals surface area contributed by atoms with Crippen LogP contribution >= 0.6 is 0 Å². The van der Waals surface area contributed by atoms with E-state index in [9.17, 15) is 13.2 Å². The van der Waals surface area contributed by atoms with E-state index in [1.165, 1.54) is 17.5 Å². The minimum absolute atomic E-state index is 0.111. The number of carbonyl (C=O) groups is 1. The third-order valence-electron chi connectivity index (χ3n) is 4.55. The van der Waals surface area contributed by atoms with Crippen molar-refractivity contribution in [2.75, 3.05) is 33.8 Å². The van der Waals surface area contributed by atoms with Crippen molar-refractivity contribution in [3.63, 3.8) is 0 Å². The normalized spacial score (nSPS) is 16.0. The van der Waals surface area contributed by atoms with Crippen molar-refractivity contribution in [2.24, 2.45) is 5.92 Å². The number of amides is 1. The zero-order valence-electron chi connectivity index (χ0n) is 16.6. The molecule has 0 unspecified atom stereocenters. The first-order valence-corrected chi connectivity index (χ1v) is 10.8. The number of benzene rings is 1. The third-order valence-corrected chi connectivity index (χ3v) is 6.47. The van der Waals surface area contributed by atoms with Crippen molar-refractivity contribution < 1.29 is 17.9 Å². The summed E-state index contributed by atoms with van der Waals surface area (Å²) in [6.07, 6.45) is 5.92. The Morgan fingerprint density at radius 2 is 1.93 bits per heavy atom. The number of nitrogens with zero attached hydrogens (tertiary/aromatic N) is 2. The highest BCUT2D eigenvalue weighted by atomic mass is 32.2. The maximum atomic E-state index is 13.0. The van der Waals surface area contributed by atoms with Crippen LogP contribution in [-0.4, -0.2) is 57.3 Å². The first-order valence-electron chi connectivity index (χ1n) is 9.37. The molecule has 0 N–H and O–H groups in total. The first kappa shape index (κ1) is 21.4. The van der Waals surface area contributed by atoms with Gasteiger partial charge in [0.25, 0.3) is 0 Å². The fraction of sp³-hybridized carbons (Fsp3) is 0.550. The molecule has 1 aliphatic rings. The Labute approximate surface area is 162 Å². The Balaban J connectivity index is 2.27. The van der Waals surface area contributed by atoms with Gasteiger partial charge < -0.3 is 9.64 Å². The molecule has 2 rings (SSSR count). The molecular weight excluding hydrogens is 364 g/mol. The van der Waals surface area contributed by atoms with Gasteiger partial charge in [-0.3, -0.25) is 4.79 Å². The van der Waals surface area contributed by atoms with Crippen LogP contribution in [-0.2, 0) is 14.8 Å². The van der Waals surface area contributed by atoms with Gasteiger partial charge in [-0.25, -0.2) is 8.42 Å². The molecule has 7 heteroatoms. The average Bonchev–Trinajstić information content (AvgIpc) is 2.66. The smallest absolute Gasteiger partial charge is 0.246 e. The summed E-state index contributed by atoms with van der Waals surface area (Å²) in [4.78, 5) is 14.0. The number of rotatable bonds is 7. The number of ether oxygens (including phenoxy) is 1. The fourth-order valence-corrected chi connectivity index (χ4v) is 4.88. The second kappa shape index (κ2) is 9.37. The maximum Gasteiger partial charge on any atom is 0.246 e. The van der Waals surface area contributed by atoms with Gasteiger partial charge in [-0.2, -0.15) is 4.31 Å². The lowest BCUT2D eigenvalue weighted by Gasteiger charge is -2.26. The highest BCUT2D eigenvalue weighted by Gasteiger charge is 2.29. The molecule has 1 heterocycles. The summed E-state index contributed by atoms with van der Waals surface area (Å²) in [6.45, 7) is 5.83. The van der Waals surface area contributed by atoms with Crippen molar-refractivity contribution in [3.8, 4) is 5.75 Å². The molecule has 0 spiro atoms. The Kier molecular flexibility index (Phi) is 7.44. The van der Waals surface area contributed by atoms with Gasteiger partial charge >= 0.3 is 0 Å². The van der Waals surface area contributed by atoms with Crippen LogP contribution in [0, 0.1) is 5.92 Å². The maximum absolute atomic E-state index is 13.0. The van der Waals surface area contributed by atoms with E-state index in [4.69, 9.17) is 4.74 Å². The summed E-state index contributed by atoms with van der Waals surface area (Å²) in [5.41, 5.74) is 0.651. The predicted octanol–water partition coefficient (Wildman–Crippen LogP) is 3.00. The molecule has 6 nitrogen and oxygen atoms in total. The SMILES string of the molecule is COc1ccc(/C=C/C(=O)N(C)CC(C)C)cc1S(=O)(=O)N1CCCCC1. The highest BCUT2D eigenvalue weighted by Crippen LogP contribution is 2.30. The van der Waals surface area contributed by atoms with Gasteiger partial charge in [0, 0.05) is 32.8 Å². The van der Waals surface area contributed by atoms with Gasteiger partial charge in [-0.1, -0.05) is 26.3 Å². The molecule has 1 amide bonds. The molecule has 0 atom stereocenters. The molecule has 0 aromatic heterocycles. The van der Waals surface area contributed by atoms with Crippen LogP contribution < -0.4 is 4.74 Å². The van der Waals surface area contributed by atoms with E-state index in [1.54, 1.807) is 36.2 Å². The van der Waals surface area contributed by atoms with Gasteiger partial charge in [0.05, 0.1) is 7.11 Å². The number of carbonyl (C=O) groups excluding carboxylic acids is 1. The molecular formula is C20H30N2O4S. The molecule has 1 aromatic rings. The van der Waals surface area contributed by atoms with Crippen LogP contribution in [0.4, 0.5) is 0 Å². The lowest BCUT2D eigenvalue weighted by atomic mass is 10.2. The molecule has 150 valence electrons. The molecule has 1 aliphatic heterocycles. The van der Waals surface area contributed by atoms with Crippen LogP contribution in [0.3, 0.4) is 0 Å². The number of likely N-dealkylation sites (N-methyl/N-ethyl adjacent to an activating group) is 1. The average molecular weight is 395 g/mol. The van der Waals surface area contributed by atoms with Gasteiger partial charge in [-0.15, -0.1) is 0 Å². The van der Waals surface area contributed by atoms with Crippen molar-refractivity contribution in [1.29, 1.82) is 0 Å². The van der Waals surface area contributed by atoms with Crippen molar-refractivity contribution >= 4 is 22.0 Å². The third kappa shape index (κ3) is 5.56. The van der Waals surface area contributed by atoms with E-state index in [1.807, 2.05) is 0 Å². The number of hydrogen-bond acceptors (Lipinski definition) is 4. The summed E-state index contributed by atoms with van der Waals surface area (Å²) < 4.78 is 32.9. The second-order valence-electron chi connectivity index (χ2n) is 7.32. The molecule has 0 saturated carbocycles. The second-order valence-corrected chi connectivity index (χ2v) is 9.23. The zero-order valence-corrected chi connectivity index (χ0v) is 17.5. The Morgan fingerprint density at radius 1 is 1.26 bits per heavy atom. The highest BCUT2D eigenvalue weighted by molar-refractivity contribution is 7.89. The standard InChI is InChI=1S/C20H30N2O4S/c1-16(2)15-21(3)20(23)11-9-17-8-10-18(26-4)19(14-17)27(24,25)22-12-6-5-7-13-22/h8-11,14,16H,5-7,12-13,15H2,1-4H3/b11-9+. The molecule has 1 fully saturated rings. The quantitative estimate of drug-likeness (QED) is 0.667. The first-order chi connectivity index (χ1) is 12.8. The van der Waals surface area contributed by atoms with Crippen molar-refractivity contribution in [3.05, 3.63) is 29.8 Å². The lowest BCUT2D eigenvalue weighted by Crippen LogP contribution is -2.35. The Morgan fingerprint density at radius 3 is 2.52 bits per heavy atom. The molecule has 1 saturated heterocycles. The van der Waals surface area contributed by atoms with Gasteiger partial charge in [0.2, 0.25) is 15.9 Å². The molecule has 0 radical (unpaired) electrons. The monoisotopic (exact) mass is 394 g/mol. The lowest BCUT2D eigenvalue weighted by molar-refractivity contribution is -0.125. The van der Waals surface area contributed by atoms with E-state index in [2.05, 4.69) is 13.8 Å². The summed E-state index contributed by atoms with van der Waals surface area (Å²) in [6, 6.07) is 4.97. The molecule has 0 bridgehead atoms. The summed E-state index contributed by atoms with van der Waals surface area (Å²) in [5, 5.41) is 0. The number of sulfonamides is 1. The van der Waals surface area contributed by atoms with Crippen molar-refractivity contribution in [1.82, 2.24) is 9.21 Å². The number of hydrogen-bond donors (Lipinski definition) is 0. The molecule has 27 heavy (non-hydrogen) atoms. The van der Waals surface area contributed by atoms with E-state index in [0.717, 1.165) is 19.3 Å². The summed E-state index contributed by atoms with van der Waals surface area (Å²) in [7, 11) is -0.399. The van der Waals surface area contributed by atoms with Crippen LogP contribution in [0.2, 0.25) is 0 Å². The fourth-order valence-electron chi connectivity index (χ4n) is 3.18. The minimum Gasteiger partial charge on any atom is -0.495 e. The van der Waals surface area contributed by atoms with E-state index < -0.39 is 10.0 Å². The zero-order chi connectivity index (χ0) is 20.0. The molecule has 1 aromatic carbocycles. The number of methoxy groups -OCH3 is 1. The summed E-state index contributed by atoms with van der Waals surface area (Å²) in [5.74, 6) is 0.593. The van der Waals surface area contributed by atoms with E-state index in [-0.39, 0.29) is 10.8 Å². The molecule has 0 aliphatic carbocycles. The van der Waals surface area contributed by atoms with E-state index >= 15 is 0 Å². The van der Waals surface area contributed by atoms with Gasteiger partial charge in [0.15, 0.2) is 0 Å². The largest absolute Gasteiger partial charge is 0.495 e. The Bertz CT molecular complexity index is 781. The van der Waals surface area contributed by atoms with Gasteiger partial charge in [-0.05, 0) is 42.5 Å². The van der Waals surface area contributed by atoms with Gasteiger partial charge in [0.1, 0.15) is 10.6 Å². The number of piperidine rings is 1. The van der Waals surface area contributed by atoms with Crippen LogP contribution in [0.1, 0.15) is 38.7 Å².